The van der Waals surface area contributed by atoms with Gasteiger partial charge in [0, 0.05) is 30.3 Å². The highest BCUT2D eigenvalue weighted by molar-refractivity contribution is 6.30. The number of ether oxygens (including phenoxy) is 2. The number of hydrogen-bond acceptors (Lipinski definition) is 4. The topological polar surface area (TPSA) is 71.3 Å². The largest absolute Gasteiger partial charge is 0.488 e. The van der Waals surface area contributed by atoms with Crippen LogP contribution in [0.5, 0.6) is 5.75 Å². The standard InChI is InChI=1S/C18H19ClN2O3/c1-2-23-7-3-6-21-18(22)15(11-20)9-13-8-14-10-16(19)4-5-17(14)24-12-13/h4-5,8-10H,2-3,6-7,12H2,1H3,(H,21,22)/b15-9-. The highest BCUT2D eigenvalue weighted by Gasteiger charge is 2.14. The monoisotopic (exact) mass is 346 g/mol. The molecule has 0 spiro atoms. The maximum atomic E-state index is 12.0. The van der Waals surface area contributed by atoms with Crippen molar-refractivity contribution in [2.75, 3.05) is 26.4 Å². The molecule has 1 aliphatic heterocycles. The first-order valence-electron chi connectivity index (χ1n) is 7.74. The van der Waals surface area contributed by atoms with E-state index >= 15 is 0 Å². The Kier molecular flexibility index (Phi) is 6.86. The Morgan fingerprint density at radius 3 is 3.12 bits per heavy atom. The van der Waals surface area contributed by atoms with Gasteiger partial charge in [0.25, 0.3) is 5.91 Å². The maximum absolute atomic E-state index is 12.0. The van der Waals surface area contributed by atoms with Gasteiger partial charge in [-0.05, 0) is 49.3 Å². The molecule has 0 saturated carbocycles. The minimum atomic E-state index is -0.396. The van der Waals surface area contributed by atoms with Crippen LogP contribution in [0.1, 0.15) is 18.9 Å². The van der Waals surface area contributed by atoms with Crippen LogP contribution in [0, 0.1) is 11.3 Å². The van der Waals surface area contributed by atoms with Gasteiger partial charge in [0.1, 0.15) is 24.0 Å². The smallest absolute Gasteiger partial charge is 0.261 e. The van der Waals surface area contributed by atoms with Gasteiger partial charge in [0.2, 0.25) is 0 Å². The summed E-state index contributed by atoms with van der Waals surface area (Å²) in [5, 5.41) is 12.5. The third kappa shape index (κ3) is 5.12. The Bertz CT molecular complexity index is 705. The van der Waals surface area contributed by atoms with Crippen molar-refractivity contribution in [3.63, 3.8) is 0 Å². The molecule has 0 bridgehead atoms. The van der Waals surface area contributed by atoms with E-state index in [0.29, 0.717) is 37.8 Å². The van der Waals surface area contributed by atoms with E-state index in [9.17, 15) is 10.1 Å². The van der Waals surface area contributed by atoms with Crippen LogP contribution in [0.2, 0.25) is 5.02 Å². The lowest BCUT2D eigenvalue weighted by atomic mass is 10.1. The van der Waals surface area contributed by atoms with Crippen molar-refractivity contribution in [2.24, 2.45) is 0 Å². The molecule has 0 fully saturated rings. The summed E-state index contributed by atoms with van der Waals surface area (Å²) in [6.45, 7) is 3.92. The van der Waals surface area contributed by atoms with Crippen LogP contribution < -0.4 is 10.1 Å². The van der Waals surface area contributed by atoms with Crippen LogP contribution in [0.15, 0.2) is 35.4 Å². The van der Waals surface area contributed by atoms with Crippen molar-refractivity contribution in [3.8, 4) is 11.8 Å². The Labute approximate surface area is 146 Å². The van der Waals surface area contributed by atoms with Crippen LogP contribution in [-0.4, -0.2) is 32.3 Å². The van der Waals surface area contributed by atoms with Gasteiger partial charge in [-0.3, -0.25) is 4.79 Å². The third-order valence-corrected chi connectivity index (χ3v) is 3.59. The summed E-state index contributed by atoms with van der Waals surface area (Å²) in [7, 11) is 0. The molecular formula is C18H19ClN2O3. The molecule has 0 atom stereocenters. The summed E-state index contributed by atoms with van der Waals surface area (Å²) in [6, 6.07) is 7.27. The zero-order valence-electron chi connectivity index (χ0n) is 13.5. The second-order valence-corrected chi connectivity index (χ2v) is 5.60. The summed E-state index contributed by atoms with van der Waals surface area (Å²) < 4.78 is 10.8. The van der Waals surface area contributed by atoms with E-state index in [4.69, 9.17) is 21.1 Å². The molecular weight excluding hydrogens is 328 g/mol. The first kappa shape index (κ1) is 18.1. The first-order chi connectivity index (χ1) is 11.6. The van der Waals surface area contributed by atoms with Crippen molar-refractivity contribution in [1.82, 2.24) is 5.32 Å². The summed E-state index contributed by atoms with van der Waals surface area (Å²) >= 11 is 5.97. The van der Waals surface area contributed by atoms with Gasteiger partial charge in [-0.25, -0.2) is 0 Å². The normalized spacial score (nSPS) is 13.4. The summed E-state index contributed by atoms with van der Waals surface area (Å²) in [5.41, 5.74) is 1.62. The van der Waals surface area contributed by atoms with Crippen LogP contribution >= 0.6 is 11.6 Å². The molecule has 0 aliphatic carbocycles. The summed E-state index contributed by atoms with van der Waals surface area (Å²) in [6.07, 6.45) is 4.11. The Balaban J connectivity index is 2.02. The van der Waals surface area contributed by atoms with Gasteiger partial charge >= 0.3 is 0 Å². The van der Waals surface area contributed by atoms with Gasteiger partial charge < -0.3 is 14.8 Å². The molecule has 1 N–H and O–H groups in total. The van der Waals surface area contributed by atoms with Crippen molar-refractivity contribution >= 4 is 23.6 Å². The number of amides is 1. The lowest BCUT2D eigenvalue weighted by molar-refractivity contribution is -0.117. The Morgan fingerprint density at radius 1 is 1.54 bits per heavy atom. The Hall–Kier alpha value is -2.29. The highest BCUT2D eigenvalue weighted by atomic mass is 35.5. The first-order valence-corrected chi connectivity index (χ1v) is 8.12. The molecule has 2 rings (SSSR count). The fraction of sp³-hybridized carbons (Fsp3) is 0.333. The predicted octanol–water partition coefficient (Wildman–Crippen LogP) is 3.11. The molecule has 1 amide bonds. The van der Waals surface area contributed by atoms with Gasteiger partial charge in [-0.2, -0.15) is 5.26 Å². The van der Waals surface area contributed by atoms with Crippen LogP contribution in [0.25, 0.3) is 6.08 Å². The summed E-state index contributed by atoms with van der Waals surface area (Å²) in [4.78, 5) is 12.0. The number of nitriles is 1. The van der Waals surface area contributed by atoms with Crippen LogP contribution in [0.4, 0.5) is 0 Å². The van der Waals surface area contributed by atoms with E-state index in [-0.39, 0.29) is 5.57 Å². The average Bonchev–Trinajstić information content (AvgIpc) is 2.58. The number of rotatable bonds is 7. The van der Waals surface area contributed by atoms with Crippen molar-refractivity contribution in [3.05, 3.63) is 46.0 Å². The van der Waals surface area contributed by atoms with Crippen LogP contribution in [0.3, 0.4) is 0 Å². The molecule has 0 saturated heterocycles. The average molecular weight is 347 g/mol. The SMILES string of the molecule is CCOCCCNC(=O)/C(C#N)=C\C1=Cc2cc(Cl)ccc2OC1. The van der Waals surface area contributed by atoms with Crippen molar-refractivity contribution in [2.45, 2.75) is 13.3 Å². The molecule has 0 unspecified atom stereocenters. The van der Waals surface area contributed by atoms with Gasteiger partial charge in [0.05, 0.1) is 0 Å². The molecule has 0 aromatic heterocycles. The highest BCUT2D eigenvalue weighted by Crippen LogP contribution is 2.29. The molecule has 1 aromatic carbocycles. The van der Waals surface area contributed by atoms with E-state index in [1.165, 1.54) is 0 Å². The maximum Gasteiger partial charge on any atom is 0.261 e. The van der Waals surface area contributed by atoms with Gasteiger partial charge in [-0.1, -0.05) is 11.6 Å². The van der Waals surface area contributed by atoms with Gasteiger partial charge in [0.15, 0.2) is 0 Å². The molecule has 1 aliphatic rings. The zero-order chi connectivity index (χ0) is 17.4. The number of benzene rings is 1. The van der Waals surface area contributed by atoms with E-state index < -0.39 is 5.91 Å². The molecule has 5 nitrogen and oxygen atoms in total. The lowest BCUT2D eigenvalue weighted by Crippen LogP contribution is -2.26. The van der Waals surface area contributed by atoms with E-state index in [1.807, 2.05) is 19.1 Å². The minimum Gasteiger partial charge on any atom is -0.488 e. The summed E-state index contributed by atoms with van der Waals surface area (Å²) in [5.74, 6) is 0.335. The number of fused-ring (bicyclic) bond motifs is 1. The fourth-order valence-corrected chi connectivity index (χ4v) is 2.38. The second-order valence-electron chi connectivity index (χ2n) is 5.17. The third-order valence-electron chi connectivity index (χ3n) is 3.36. The molecule has 1 heterocycles. The molecule has 1 aromatic rings. The molecule has 0 radical (unpaired) electrons. The quantitative estimate of drug-likeness (QED) is 0.468. The second kappa shape index (κ2) is 9.11. The molecule has 24 heavy (non-hydrogen) atoms. The van der Waals surface area contributed by atoms with E-state index in [1.54, 1.807) is 24.3 Å². The number of nitrogens with one attached hydrogen (secondary N) is 1. The van der Waals surface area contributed by atoms with Crippen molar-refractivity contribution in [1.29, 1.82) is 5.26 Å². The predicted molar refractivity (Wildman–Crippen MR) is 92.7 cm³/mol. The van der Waals surface area contributed by atoms with E-state index in [0.717, 1.165) is 16.9 Å². The number of hydrogen-bond donors (Lipinski definition) is 1. The Morgan fingerprint density at radius 2 is 2.38 bits per heavy atom. The number of carbonyl (C=O) groups excluding carboxylic acids is 1. The number of halogens is 1. The molecule has 6 heteroatoms. The van der Waals surface area contributed by atoms with Crippen molar-refractivity contribution < 1.29 is 14.3 Å². The van der Waals surface area contributed by atoms with Crippen LogP contribution in [-0.2, 0) is 9.53 Å². The minimum absolute atomic E-state index is 0.0479. The number of nitrogens with zero attached hydrogens (tertiary/aromatic N) is 1. The molecule has 126 valence electrons. The lowest BCUT2D eigenvalue weighted by Gasteiger charge is -2.16. The van der Waals surface area contributed by atoms with E-state index in [2.05, 4.69) is 5.32 Å². The number of carbonyl (C=O) groups is 1. The fourth-order valence-electron chi connectivity index (χ4n) is 2.20. The van der Waals surface area contributed by atoms with Gasteiger partial charge in [-0.15, -0.1) is 0 Å². The zero-order valence-corrected chi connectivity index (χ0v) is 14.2.